The summed E-state index contributed by atoms with van der Waals surface area (Å²) in [5.74, 6) is -0.189. The van der Waals surface area contributed by atoms with Crippen LogP contribution in [-0.4, -0.2) is 10.5 Å². The van der Waals surface area contributed by atoms with Crippen molar-refractivity contribution in [3.8, 4) is 0 Å². The second-order valence-electron chi connectivity index (χ2n) is 7.48. The largest absolute Gasteiger partial charge is 0.460 e. The molecule has 1 heterocycles. The highest BCUT2D eigenvalue weighted by Gasteiger charge is 2.23. The predicted octanol–water partition coefficient (Wildman–Crippen LogP) is 5.87. The number of esters is 1. The summed E-state index contributed by atoms with van der Waals surface area (Å²) in [5.41, 5.74) is 4.03. The number of nitrogens with zero attached hydrogens (tertiary/aromatic N) is 1. The molecule has 3 aromatic rings. The van der Waals surface area contributed by atoms with Crippen LogP contribution in [0.1, 0.15) is 38.8 Å². The minimum Gasteiger partial charge on any atom is -0.460 e. The molecule has 0 saturated heterocycles. The van der Waals surface area contributed by atoms with Gasteiger partial charge in [-0.05, 0) is 70.0 Å². The average molecular weight is 358 g/mol. The third-order valence-electron chi connectivity index (χ3n) is 4.65. The molecular weight excluding hydrogens is 334 g/mol. The summed E-state index contributed by atoms with van der Waals surface area (Å²) < 4.78 is 7.81. The normalized spacial score (nSPS) is 12.1. The van der Waals surface area contributed by atoms with Gasteiger partial charge in [-0.2, -0.15) is 0 Å². The van der Waals surface area contributed by atoms with Crippen LogP contribution in [0.15, 0.2) is 30.3 Å². The van der Waals surface area contributed by atoms with Gasteiger partial charge in [0.05, 0.1) is 5.41 Å². The SMILES string of the molecule is CCn1c2ccc(Cl)cc2c2c(C)c(COC(=O)C(C)(C)C)ccc21. The number of hydrogen-bond acceptors (Lipinski definition) is 2. The zero-order valence-electron chi connectivity index (χ0n) is 15.4. The van der Waals surface area contributed by atoms with E-state index in [1.54, 1.807) is 0 Å². The summed E-state index contributed by atoms with van der Waals surface area (Å²) in [6.45, 7) is 11.0. The predicted molar refractivity (Wildman–Crippen MR) is 104 cm³/mol. The average Bonchev–Trinajstić information content (AvgIpc) is 2.86. The third kappa shape index (κ3) is 3.13. The molecular formula is C21H24ClNO2. The molecule has 0 radical (unpaired) electrons. The molecule has 0 aliphatic carbocycles. The van der Waals surface area contributed by atoms with E-state index in [4.69, 9.17) is 16.3 Å². The first-order chi connectivity index (χ1) is 11.7. The lowest BCUT2D eigenvalue weighted by Crippen LogP contribution is -2.22. The van der Waals surface area contributed by atoms with Gasteiger partial charge >= 0.3 is 5.97 Å². The number of ether oxygens (including phenoxy) is 1. The van der Waals surface area contributed by atoms with Crippen molar-refractivity contribution in [2.75, 3.05) is 0 Å². The van der Waals surface area contributed by atoms with Crippen LogP contribution in [0.3, 0.4) is 0 Å². The van der Waals surface area contributed by atoms with Crippen LogP contribution >= 0.6 is 11.6 Å². The Morgan fingerprint density at radius 1 is 1.16 bits per heavy atom. The quantitative estimate of drug-likeness (QED) is 0.549. The van der Waals surface area contributed by atoms with Crippen LogP contribution in [0.5, 0.6) is 0 Å². The van der Waals surface area contributed by atoms with Crippen molar-refractivity contribution in [3.05, 3.63) is 46.5 Å². The number of halogens is 1. The Morgan fingerprint density at radius 2 is 1.84 bits per heavy atom. The van der Waals surface area contributed by atoms with Gasteiger partial charge in [-0.1, -0.05) is 17.7 Å². The highest BCUT2D eigenvalue weighted by atomic mass is 35.5. The van der Waals surface area contributed by atoms with E-state index >= 15 is 0 Å². The number of carbonyl (C=O) groups excluding carboxylic acids is 1. The van der Waals surface area contributed by atoms with Crippen molar-refractivity contribution in [3.63, 3.8) is 0 Å². The summed E-state index contributed by atoms with van der Waals surface area (Å²) >= 11 is 6.24. The third-order valence-corrected chi connectivity index (χ3v) is 4.89. The molecule has 0 aliphatic heterocycles. The van der Waals surface area contributed by atoms with Gasteiger partial charge in [-0.3, -0.25) is 4.79 Å². The Labute approximate surface area is 153 Å². The van der Waals surface area contributed by atoms with Crippen LogP contribution in [0.4, 0.5) is 0 Å². The number of aromatic nitrogens is 1. The van der Waals surface area contributed by atoms with Crippen molar-refractivity contribution in [1.82, 2.24) is 4.57 Å². The number of aryl methyl sites for hydroxylation is 2. The van der Waals surface area contributed by atoms with E-state index in [-0.39, 0.29) is 12.6 Å². The molecule has 0 atom stereocenters. The smallest absolute Gasteiger partial charge is 0.311 e. The maximum absolute atomic E-state index is 12.1. The highest BCUT2D eigenvalue weighted by molar-refractivity contribution is 6.32. The zero-order valence-corrected chi connectivity index (χ0v) is 16.2. The lowest BCUT2D eigenvalue weighted by molar-refractivity contribution is -0.154. The summed E-state index contributed by atoms with van der Waals surface area (Å²) in [6, 6.07) is 10.2. The molecule has 132 valence electrons. The maximum Gasteiger partial charge on any atom is 0.311 e. The first kappa shape index (κ1) is 17.8. The van der Waals surface area contributed by atoms with Crippen molar-refractivity contribution in [1.29, 1.82) is 0 Å². The summed E-state index contributed by atoms with van der Waals surface area (Å²) in [5, 5.41) is 3.06. The van der Waals surface area contributed by atoms with Gasteiger partial charge in [0.25, 0.3) is 0 Å². The number of carbonyl (C=O) groups is 1. The molecule has 0 unspecified atom stereocenters. The second kappa shape index (κ2) is 6.38. The number of fused-ring (bicyclic) bond motifs is 3. The molecule has 25 heavy (non-hydrogen) atoms. The zero-order chi connectivity index (χ0) is 18.4. The Morgan fingerprint density at radius 3 is 2.48 bits per heavy atom. The first-order valence-electron chi connectivity index (χ1n) is 8.61. The maximum atomic E-state index is 12.1. The van der Waals surface area contributed by atoms with Crippen molar-refractivity contribution < 1.29 is 9.53 Å². The van der Waals surface area contributed by atoms with E-state index in [0.717, 1.165) is 28.1 Å². The molecule has 0 amide bonds. The number of benzene rings is 2. The van der Waals surface area contributed by atoms with Gasteiger partial charge in [-0.25, -0.2) is 0 Å². The Balaban J connectivity index is 2.12. The van der Waals surface area contributed by atoms with Crippen LogP contribution < -0.4 is 0 Å². The molecule has 2 aromatic carbocycles. The van der Waals surface area contributed by atoms with E-state index < -0.39 is 5.41 Å². The molecule has 3 rings (SSSR count). The molecule has 1 aromatic heterocycles. The first-order valence-corrected chi connectivity index (χ1v) is 8.99. The fraction of sp³-hybridized carbons (Fsp3) is 0.381. The van der Waals surface area contributed by atoms with Crippen LogP contribution in [0.25, 0.3) is 21.8 Å². The van der Waals surface area contributed by atoms with E-state index in [0.29, 0.717) is 0 Å². The molecule has 3 nitrogen and oxygen atoms in total. The molecule has 0 N–H and O–H groups in total. The lowest BCUT2D eigenvalue weighted by atomic mass is 9.97. The van der Waals surface area contributed by atoms with E-state index in [9.17, 15) is 4.79 Å². The monoisotopic (exact) mass is 357 g/mol. The standard InChI is InChI=1S/C21H24ClNO2/c1-6-23-17-10-8-15(22)11-16(17)19-13(2)14(7-9-18(19)23)12-25-20(24)21(3,4)5/h7-11H,6,12H2,1-5H3. The molecule has 0 spiro atoms. The summed E-state index contributed by atoms with van der Waals surface area (Å²) in [6.07, 6.45) is 0. The number of rotatable bonds is 3. The van der Waals surface area contributed by atoms with Gasteiger partial charge in [0.1, 0.15) is 6.61 Å². The molecule has 0 aliphatic rings. The van der Waals surface area contributed by atoms with Crippen molar-refractivity contribution in [2.45, 2.75) is 47.8 Å². The molecule has 0 fully saturated rings. The lowest BCUT2D eigenvalue weighted by Gasteiger charge is -2.17. The van der Waals surface area contributed by atoms with E-state index in [2.05, 4.69) is 36.6 Å². The second-order valence-corrected chi connectivity index (χ2v) is 7.91. The fourth-order valence-electron chi connectivity index (χ4n) is 3.24. The van der Waals surface area contributed by atoms with Gasteiger partial charge in [0.15, 0.2) is 0 Å². The van der Waals surface area contributed by atoms with Gasteiger partial charge < -0.3 is 9.30 Å². The van der Waals surface area contributed by atoms with Gasteiger partial charge in [0, 0.05) is 33.4 Å². The van der Waals surface area contributed by atoms with Crippen molar-refractivity contribution in [2.24, 2.45) is 5.41 Å². The van der Waals surface area contributed by atoms with Gasteiger partial charge in [0.2, 0.25) is 0 Å². The van der Waals surface area contributed by atoms with Crippen LogP contribution in [0.2, 0.25) is 5.02 Å². The minimum absolute atomic E-state index is 0.189. The summed E-state index contributed by atoms with van der Waals surface area (Å²) in [7, 11) is 0. The molecule has 0 saturated carbocycles. The Kier molecular flexibility index (Phi) is 4.54. The van der Waals surface area contributed by atoms with E-state index in [1.165, 1.54) is 16.4 Å². The van der Waals surface area contributed by atoms with Crippen LogP contribution in [0, 0.1) is 12.3 Å². The topological polar surface area (TPSA) is 31.2 Å². The molecule has 4 heteroatoms. The van der Waals surface area contributed by atoms with Crippen LogP contribution in [-0.2, 0) is 22.7 Å². The van der Waals surface area contributed by atoms with Crippen molar-refractivity contribution >= 4 is 39.4 Å². The highest BCUT2D eigenvalue weighted by Crippen LogP contribution is 2.34. The Bertz CT molecular complexity index is 964. The Hall–Kier alpha value is -2.00. The fourth-order valence-corrected chi connectivity index (χ4v) is 3.41. The van der Waals surface area contributed by atoms with E-state index in [1.807, 2.05) is 32.9 Å². The molecule has 0 bridgehead atoms. The summed E-state index contributed by atoms with van der Waals surface area (Å²) in [4.78, 5) is 12.1. The van der Waals surface area contributed by atoms with Gasteiger partial charge in [-0.15, -0.1) is 0 Å². The number of hydrogen-bond donors (Lipinski definition) is 0. The minimum atomic E-state index is -0.496.